The maximum absolute atomic E-state index is 5.45. The summed E-state index contributed by atoms with van der Waals surface area (Å²) in [6, 6.07) is 0.524. The molecule has 0 aliphatic heterocycles. The van der Waals surface area contributed by atoms with Crippen LogP contribution in [0.2, 0.25) is 0 Å². The van der Waals surface area contributed by atoms with Crippen molar-refractivity contribution in [2.75, 3.05) is 6.54 Å². The van der Waals surface area contributed by atoms with Crippen LogP contribution in [0.5, 0.6) is 0 Å². The molecule has 3 atom stereocenters. The maximum Gasteiger partial charge on any atom is 0.166 e. The van der Waals surface area contributed by atoms with Gasteiger partial charge in [0.25, 0.3) is 0 Å². The van der Waals surface area contributed by atoms with Crippen molar-refractivity contribution in [1.82, 2.24) is 10.6 Å². The molecule has 2 N–H and O–H groups in total. The number of rotatable bonds is 3. The molecule has 3 heteroatoms. The molecule has 18 heavy (non-hydrogen) atoms. The zero-order chi connectivity index (χ0) is 13.6. The van der Waals surface area contributed by atoms with Crippen LogP contribution in [-0.2, 0) is 0 Å². The molecule has 2 aliphatic carbocycles. The smallest absolute Gasteiger partial charge is 0.166 e. The number of fused-ring (bicyclic) bond motifs is 2. The predicted octanol–water partition coefficient (Wildman–Crippen LogP) is 3.32. The highest BCUT2D eigenvalue weighted by molar-refractivity contribution is 7.80. The van der Waals surface area contributed by atoms with Gasteiger partial charge in [0.1, 0.15) is 0 Å². The first kappa shape index (κ1) is 14.1. The Labute approximate surface area is 117 Å². The Hall–Kier alpha value is -0.310. The fraction of sp³-hybridized carbons (Fsp3) is 0.933. The van der Waals surface area contributed by atoms with Crippen LogP contribution >= 0.6 is 12.2 Å². The van der Waals surface area contributed by atoms with Gasteiger partial charge in [-0.05, 0) is 54.1 Å². The number of nitrogens with one attached hydrogen (secondary N) is 2. The molecule has 0 aromatic carbocycles. The molecule has 0 aromatic rings. The van der Waals surface area contributed by atoms with Crippen molar-refractivity contribution in [2.24, 2.45) is 22.7 Å². The quantitative estimate of drug-likeness (QED) is 0.768. The van der Waals surface area contributed by atoms with Gasteiger partial charge >= 0.3 is 0 Å². The van der Waals surface area contributed by atoms with Gasteiger partial charge < -0.3 is 10.6 Å². The van der Waals surface area contributed by atoms with Crippen molar-refractivity contribution in [3.63, 3.8) is 0 Å². The fourth-order valence-corrected chi connectivity index (χ4v) is 4.34. The van der Waals surface area contributed by atoms with E-state index in [0.29, 0.717) is 22.8 Å². The average molecular weight is 268 g/mol. The Morgan fingerprint density at radius 2 is 2.00 bits per heavy atom. The monoisotopic (exact) mass is 268 g/mol. The summed E-state index contributed by atoms with van der Waals surface area (Å²) in [7, 11) is 0. The first-order valence-corrected chi connectivity index (χ1v) is 7.71. The van der Waals surface area contributed by atoms with E-state index < -0.39 is 0 Å². The van der Waals surface area contributed by atoms with Crippen LogP contribution in [0.25, 0.3) is 0 Å². The minimum Gasteiger partial charge on any atom is -0.362 e. The second-order valence-corrected chi connectivity index (χ2v) is 8.00. The van der Waals surface area contributed by atoms with Crippen molar-refractivity contribution in [3.05, 3.63) is 0 Å². The van der Waals surface area contributed by atoms with E-state index in [-0.39, 0.29) is 0 Å². The van der Waals surface area contributed by atoms with Crippen LogP contribution in [0.3, 0.4) is 0 Å². The van der Waals surface area contributed by atoms with E-state index in [2.05, 4.69) is 45.3 Å². The second-order valence-electron chi connectivity index (χ2n) is 7.60. The third-order valence-electron chi connectivity index (χ3n) is 5.22. The minimum absolute atomic E-state index is 0.372. The zero-order valence-electron chi connectivity index (χ0n) is 12.5. The average Bonchev–Trinajstić information content (AvgIpc) is 2.73. The lowest BCUT2D eigenvalue weighted by Crippen LogP contribution is -2.55. The van der Waals surface area contributed by atoms with Gasteiger partial charge in [0.05, 0.1) is 0 Å². The van der Waals surface area contributed by atoms with E-state index >= 15 is 0 Å². The molecule has 0 spiro atoms. The van der Waals surface area contributed by atoms with E-state index in [1.54, 1.807) is 0 Å². The molecule has 0 saturated heterocycles. The van der Waals surface area contributed by atoms with Crippen molar-refractivity contribution in [3.8, 4) is 0 Å². The summed E-state index contributed by atoms with van der Waals surface area (Å²) >= 11 is 5.45. The normalized spacial score (nSPS) is 37.0. The minimum atomic E-state index is 0.372. The fourth-order valence-electron chi connectivity index (χ4n) is 4.14. The van der Waals surface area contributed by atoms with Crippen molar-refractivity contribution in [2.45, 2.75) is 59.9 Å². The molecular formula is C15H28N2S. The molecule has 2 aliphatic rings. The summed E-state index contributed by atoms with van der Waals surface area (Å²) in [4.78, 5) is 0. The maximum atomic E-state index is 5.45. The third-order valence-corrected chi connectivity index (χ3v) is 5.48. The van der Waals surface area contributed by atoms with Gasteiger partial charge in [-0.25, -0.2) is 0 Å². The summed E-state index contributed by atoms with van der Waals surface area (Å²) in [5.41, 5.74) is 0.814. The van der Waals surface area contributed by atoms with Gasteiger partial charge in [0.15, 0.2) is 5.11 Å². The molecule has 3 unspecified atom stereocenters. The summed E-state index contributed by atoms with van der Waals surface area (Å²) in [5, 5.41) is 7.80. The summed E-state index contributed by atoms with van der Waals surface area (Å²) in [6.45, 7) is 12.6. The SMILES string of the molecule is CC(C)CNC(=S)NC1C2(C)CCC(C2)C1(C)C. The second kappa shape index (κ2) is 4.66. The van der Waals surface area contributed by atoms with Crippen molar-refractivity contribution >= 4 is 17.3 Å². The third kappa shape index (κ3) is 2.38. The summed E-state index contributed by atoms with van der Waals surface area (Å²) in [6.07, 6.45) is 4.11. The van der Waals surface area contributed by atoms with Crippen LogP contribution in [-0.4, -0.2) is 17.7 Å². The highest BCUT2D eigenvalue weighted by Gasteiger charge is 2.59. The van der Waals surface area contributed by atoms with Crippen LogP contribution in [0, 0.1) is 22.7 Å². The lowest BCUT2D eigenvalue weighted by atomic mass is 9.68. The Morgan fingerprint density at radius 3 is 2.50 bits per heavy atom. The van der Waals surface area contributed by atoms with Crippen LogP contribution < -0.4 is 10.6 Å². The molecule has 104 valence electrons. The zero-order valence-corrected chi connectivity index (χ0v) is 13.3. The van der Waals surface area contributed by atoms with Crippen LogP contribution in [0.1, 0.15) is 53.9 Å². The van der Waals surface area contributed by atoms with E-state index in [0.717, 1.165) is 17.6 Å². The van der Waals surface area contributed by atoms with Crippen LogP contribution in [0.4, 0.5) is 0 Å². The van der Waals surface area contributed by atoms with E-state index in [1.165, 1.54) is 19.3 Å². The Bertz CT molecular complexity index is 333. The molecule has 0 heterocycles. The molecule has 2 rings (SSSR count). The van der Waals surface area contributed by atoms with E-state index in [9.17, 15) is 0 Å². The molecule has 0 aromatic heterocycles. The van der Waals surface area contributed by atoms with Crippen molar-refractivity contribution in [1.29, 1.82) is 0 Å². The molecule has 0 radical (unpaired) electrons. The first-order chi connectivity index (χ1) is 8.25. The molecular weight excluding hydrogens is 240 g/mol. The van der Waals surface area contributed by atoms with Gasteiger partial charge in [0.2, 0.25) is 0 Å². The Morgan fingerprint density at radius 1 is 1.33 bits per heavy atom. The van der Waals surface area contributed by atoms with Gasteiger partial charge in [-0.15, -0.1) is 0 Å². The lowest BCUT2D eigenvalue weighted by Gasteiger charge is -2.43. The first-order valence-electron chi connectivity index (χ1n) is 7.30. The van der Waals surface area contributed by atoms with Crippen molar-refractivity contribution < 1.29 is 0 Å². The highest BCUT2D eigenvalue weighted by Crippen LogP contribution is 2.62. The summed E-state index contributed by atoms with van der Waals surface area (Å²) in [5.74, 6) is 1.50. The topological polar surface area (TPSA) is 24.1 Å². The molecule has 2 fully saturated rings. The molecule has 0 amide bonds. The molecule has 2 bridgehead atoms. The standard InChI is InChI=1S/C15H28N2S/c1-10(2)9-16-13(18)17-12-14(3,4)11-6-7-15(12,5)8-11/h10-12H,6-9H2,1-5H3,(H2,16,17,18). The number of thiocarbonyl (C=S) groups is 1. The largest absolute Gasteiger partial charge is 0.362 e. The van der Waals surface area contributed by atoms with E-state index in [1.807, 2.05) is 0 Å². The van der Waals surface area contributed by atoms with Gasteiger partial charge in [-0.2, -0.15) is 0 Å². The van der Waals surface area contributed by atoms with Gasteiger partial charge in [-0.1, -0.05) is 34.6 Å². The van der Waals surface area contributed by atoms with E-state index in [4.69, 9.17) is 12.2 Å². The molecule has 2 nitrogen and oxygen atoms in total. The lowest BCUT2D eigenvalue weighted by molar-refractivity contribution is 0.125. The molecule has 2 saturated carbocycles. The summed E-state index contributed by atoms with van der Waals surface area (Å²) < 4.78 is 0. The highest BCUT2D eigenvalue weighted by atomic mass is 32.1. The number of hydrogen-bond acceptors (Lipinski definition) is 1. The predicted molar refractivity (Wildman–Crippen MR) is 81.6 cm³/mol. The Balaban J connectivity index is 1.98. The Kier molecular flexibility index (Phi) is 3.65. The van der Waals surface area contributed by atoms with Gasteiger partial charge in [-0.3, -0.25) is 0 Å². The van der Waals surface area contributed by atoms with Gasteiger partial charge in [0, 0.05) is 12.6 Å². The van der Waals surface area contributed by atoms with Crippen LogP contribution in [0.15, 0.2) is 0 Å². The number of hydrogen-bond donors (Lipinski definition) is 2.